The molecule has 29 heavy (non-hydrogen) atoms. The number of benzene rings is 2. The highest BCUT2D eigenvalue weighted by molar-refractivity contribution is 14.0. The Morgan fingerprint density at radius 3 is 2.72 bits per heavy atom. The number of rotatable bonds is 7. The van der Waals surface area contributed by atoms with Crippen LogP contribution in [-0.4, -0.2) is 41.6 Å². The number of guanidine groups is 1. The van der Waals surface area contributed by atoms with E-state index < -0.39 is 10.0 Å². The van der Waals surface area contributed by atoms with Gasteiger partial charge < -0.3 is 15.4 Å². The van der Waals surface area contributed by atoms with Crippen molar-refractivity contribution in [1.82, 2.24) is 15.4 Å². The molecule has 0 spiro atoms. The summed E-state index contributed by atoms with van der Waals surface area (Å²) in [7, 11) is -0.332. The summed E-state index contributed by atoms with van der Waals surface area (Å²) in [5.41, 5.74) is 3.39. The lowest BCUT2D eigenvalue weighted by atomic mass is 10.1. The zero-order valence-corrected chi connectivity index (χ0v) is 19.7. The molecule has 0 unspecified atom stereocenters. The summed E-state index contributed by atoms with van der Waals surface area (Å²) in [6.07, 6.45) is 1.85. The van der Waals surface area contributed by atoms with E-state index in [0.29, 0.717) is 12.5 Å². The van der Waals surface area contributed by atoms with E-state index in [4.69, 9.17) is 4.74 Å². The van der Waals surface area contributed by atoms with Gasteiger partial charge in [-0.2, -0.15) is 0 Å². The first-order chi connectivity index (χ1) is 13.5. The molecule has 2 aromatic rings. The third-order valence-electron chi connectivity index (χ3n) is 4.62. The van der Waals surface area contributed by atoms with Crippen molar-refractivity contribution in [3.63, 3.8) is 0 Å². The summed E-state index contributed by atoms with van der Waals surface area (Å²) < 4.78 is 31.7. The molecule has 0 fully saturated rings. The molecular formula is C20H27IN4O3S. The molecule has 0 saturated carbocycles. The number of ether oxygens (including phenoxy) is 1. The Morgan fingerprint density at radius 1 is 1.14 bits per heavy atom. The van der Waals surface area contributed by atoms with E-state index >= 15 is 0 Å². The summed E-state index contributed by atoms with van der Waals surface area (Å²) >= 11 is 0. The molecule has 3 rings (SSSR count). The highest BCUT2D eigenvalue weighted by Gasteiger charge is 2.12. The average molecular weight is 530 g/mol. The maximum absolute atomic E-state index is 11.9. The highest BCUT2D eigenvalue weighted by Crippen LogP contribution is 2.25. The van der Waals surface area contributed by atoms with Gasteiger partial charge in [-0.05, 0) is 48.4 Å². The SMILES string of the molecule is CN=C(NCCc1ccc2c(c1)CCO2)NCc1cccc(S(=O)(=O)NC)c1.I. The van der Waals surface area contributed by atoms with Crippen LogP contribution in [0.3, 0.4) is 0 Å². The fraction of sp³-hybridized carbons (Fsp3) is 0.350. The van der Waals surface area contributed by atoms with E-state index in [1.807, 2.05) is 12.1 Å². The standard InChI is InChI=1S/C20H26N4O3S.HI/c1-21-20(23-10-8-15-6-7-19-17(12-15)9-11-27-19)24-14-16-4-3-5-18(13-16)28(25,26)22-2;/h3-7,12-13,22H,8-11,14H2,1-2H3,(H2,21,23,24);1H. The minimum Gasteiger partial charge on any atom is -0.493 e. The van der Waals surface area contributed by atoms with Gasteiger partial charge in [0, 0.05) is 26.6 Å². The Labute approximate surface area is 189 Å². The fourth-order valence-corrected chi connectivity index (χ4v) is 3.87. The minimum absolute atomic E-state index is 0. The van der Waals surface area contributed by atoms with Crippen LogP contribution in [0.4, 0.5) is 0 Å². The molecule has 0 amide bonds. The number of aliphatic imine (C=N–C) groups is 1. The number of fused-ring (bicyclic) bond motifs is 1. The molecule has 158 valence electrons. The van der Waals surface area contributed by atoms with Crippen molar-refractivity contribution < 1.29 is 13.2 Å². The molecule has 1 aliphatic heterocycles. The molecule has 2 aromatic carbocycles. The van der Waals surface area contributed by atoms with Crippen LogP contribution < -0.4 is 20.1 Å². The highest BCUT2D eigenvalue weighted by atomic mass is 127. The van der Waals surface area contributed by atoms with Gasteiger partial charge in [0.05, 0.1) is 11.5 Å². The van der Waals surface area contributed by atoms with Crippen LogP contribution in [0.2, 0.25) is 0 Å². The number of hydrogen-bond acceptors (Lipinski definition) is 4. The third kappa shape index (κ3) is 6.31. The predicted molar refractivity (Wildman–Crippen MR) is 126 cm³/mol. The lowest BCUT2D eigenvalue weighted by Crippen LogP contribution is -2.37. The van der Waals surface area contributed by atoms with Crippen LogP contribution in [-0.2, 0) is 29.4 Å². The first-order valence-corrected chi connectivity index (χ1v) is 10.7. The van der Waals surface area contributed by atoms with Crippen molar-refractivity contribution >= 4 is 40.0 Å². The minimum atomic E-state index is -3.45. The largest absolute Gasteiger partial charge is 0.493 e. The third-order valence-corrected chi connectivity index (χ3v) is 6.03. The molecule has 0 bridgehead atoms. The second-order valence-electron chi connectivity index (χ2n) is 6.50. The van der Waals surface area contributed by atoms with E-state index in [9.17, 15) is 8.42 Å². The Morgan fingerprint density at radius 2 is 1.97 bits per heavy atom. The summed E-state index contributed by atoms with van der Waals surface area (Å²) in [4.78, 5) is 4.47. The maximum Gasteiger partial charge on any atom is 0.240 e. The summed E-state index contributed by atoms with van der Waals surface area (Å²) in [6, 6.07) is 13.2. The number of halogens is 1. The molecule has 9 heteroatoms. The van der Waals surface area contributed by atoms with Gasteiger partial charge in [-0.15, -0.1) is 24.0 Å². The molecular weight excluding hydrogens is 503 g/mol. The van der Waals surface area contributed by atoms with E-state index in [2.05, 4.69) is 32.5 Å². The van der Waals surface area contributed by atoms with Crippen LogP contribution in [0.5, 0.6) is 5.75 Å². The summed E-state index contributed by atoms with van der Waals surface area (Å²) in [5, 5.41) is 6.50. The van der Waals surface area contributed by atoms with Crippen molar-refractivity contribution in [3.8, 4) is 5.75 Å². The Kier molecular flexibility index (Phi) is 8.72. The van der Waals surface area contributed by atoms with E-state index in [-0.39, 0.29) is 28.9 Å². The van der Waals surface area contributed by atoms with Crippen molar-refractivity contribution in [2.75, 3.05) is 27.2 Å². The maximum atomic E-state index is 11.9. The van der Waals surface area contributed by atoms with Gasteiger partial charge in [0.15, 0.2) is 5.96 Å². The van der Waals surface area contributed by atoms with Crippen LogP contribution in [0, 0.1) is 0 Å². The lowest BCUT2D eigenvalue weighted by Gasteiger charge is -2.13. The Balaban J connectivity index is 0.00000300. The molecule has 0 saturated heterocycles. The second-order valence-corrected chi connectivity index (χ2v) is 8.38. The van der Waals surface area contributed by atoms with Crippen LogP contribution in [0.25, 0.3) is 0 Å². The first-order valence-electron chi connectivity index (χ1n) is 9.23. The normalized spacial score (nSPS) is 13.2. The first kappa shape index (κ1) is 23.4. The molecule has 3 N–H and O–H groups in total. The van der Waals surface area contributed by atoms with Gasteiger partial charge >= 0.3 is 0 Å². The van der Waals surface area contributed by atoms with Crippen LogP contribution in [0.15, 0.2) is 52.4 Å². The molecule has 0 aliphatic carbocycles. The zero-order valence-electron chi connectivity index (χ0n) is 16.6. The Hall–Kier alpha value is -1.85. The molecule has 0 atom stereocenters. The van der Waals surface area contributed by atoms with Crippen molar-refractivity contribution in [2.24, 2.45) is 4.99 Å². The molecule has 0 aromatic heterocycles. The van der Waals surface area contributed by atoms with Crippen LogP contribution >= 0.6 is 24.0 Å². The molecule has 1 heterocycles. The van der Waals surface area contributed by atoms with Gasteiger partial charge in [0.25, 0.3) is 0 Å². The summed E-state index contributed by atoms with van der Waals surface area (Å²) in [5.74, 6) is 1.67. The predicted octanol–water partition coefficient (Wildman–Crippen LogP) is 2.06. The van der Waals surface area contributed by atoms with E-state index in [0.717, 1.165) is 37.3 Å². The quantitative estimate of drug-likeness (QED) is 0.290. The molecule has 7 nitrogen and oxygen atoms in total. The smallest absolute Gasteiger partial charge is 0.240 e. The number of hydrogen-bond donors (Lipinski definition) is 3. The summed E-state index contributed by atoms with van der Waals surface area (Å²) in [6.45, 7) is 1.99. The second kappa shape index (κ2) is 10.8. The molecule has 1 aliphatic rings. The van der Waals surface area contributed by atoms with Crippen molar-refractivity contribution in [2.45, 2.75) is 24.3 Å². The van der Waals surface area contributed by atoms with Gasteiger partial charge in [0.1, 0.15) is 5.75 Å². The fourth-order valence-electron chi connectivity index (χ4n) is 3.07. The average Bonchev–Trinajstić information content (AvgIpc) is 3.18. The van der Waals surface area contributed by atoms with Gasteiger partial charge in [-0.25, -0.2) is 13.1 Å². The van der Waals surface area contributed by atoms with Gasteiger partial charge in [-0.3, -0.25) is 4.99 Å². The van der Waals surface area contributed by atoms with E-state index in [1.54, 1.807) is 25.2 Å². The number of sulfonamides is 1. The molecule has 0 radical (unpaired) electrons. The Bertz CT molecular complexity index is 964. The van der Waals surface area contributed by atoms with Crippen molar-refractivity contribution in [1.29, 1.82) is 0 Å². The van der Waals surface area contributed by atoms with Crippen molar-refractivity contribution in [3.05, 3.63) is 59.2 Å². The number of nitrogens with zero attached hydrogens (tertiary/aromatic N) is 1. The van der Waals surface area contributed by atoms with E-state index in [1.165, 1.54) is 18.2 Å². The lowest BCUT2D eigenvalue weighted by molar-refractivity contribution is 0.357. The van der Waals surface area contributed by atoms with Crippen LogP contribution in [0.1, 0.15) is 16.7 Å². The topological polar surface area (TPSA) is 91.8 Å². The monoisotopic (exact) mass is 530 g/mol. The van der Waals surface area contributed by atoms with Gasteiger partial charge in [-0.1, -0.05) is 24.3 Å². The zero-order chi connectivity index (χ0) is 20.0. The number of nitrogens with one attached hydrogen (secondary N) is 3. The van der Waals surface area contributed by atoms with Gasteiger partial charge in [0.2, 0.25) is 10.0 Å².